The average Bonchev–Trinajstić information content (AvgIpc) is 3.25. The molecule has 1 amide bonds. The summed E-state index contributed by atoms with van der Waals surface area (Å²) in [6.07, 6.45) is 1.71. The van der Waals surface area contributed by atoms with E-state index in [4.69, 9.17) is 5.10 Å². The van der Waals surface area contributed by atoms with Gasteiger partial charge in [-0.05, 0) is 62.7 Å². The zero-order valence-electron chi connectivity index (χ0n) is 19.2. The number of aryl methyl sites for hydroxylation is 1. The Morgan fingerprint density at radius 2 is 1.56 bits per heavy atom. The Labute approximate surface area is 199 Å². The van der Waals surface area contributed by atoms with Crippen LogP contribution < -0.4 is 10.0 Å². The van der Waals surface area contributed by atoms with Crippen molar-refractivity contribution in [2.24, 2.45) is 0 Å². The van der Waals surface area contributed by atoms with Crippen molar-refractivity contribution in [2.45, 2.75) is 31.7 Å². The molecule has 7 nitrogen and oxygen atoms in total. The number of carbonyl (C=O) groups excluding carboxylic acids is 1. The van der Waals surface area contributed by atoms with Gasteiger partial charge in [0.15, 0.2) is 0 Å². The number of hydrogen-bond acceptors (Lipinski definition) is 4. The van der Waals surface area contributed by atoms with Crippen molar-refractivity contribution in [3.05, 3.63) is 96.2 Å². The van der Waals surface area contributed by atoms with E-state index < -0.39 is 10.0 Å². The lowest BCUT2D eigenvalue weighted by molar-refractivity contribution is 0.102. The lowest BCUT2D eigenvalue weighted by atomic mass is 10.0. The maximum atomic E-state index is 13.3. The Morgan fingerprint density at radius 3 is 2.21 bits per heavy atom. The van der Waals surface area contributed by atoms with Gasteiger partial charge in [0.25, 0.3) is 5.91 Å². The minimum atomic E-state index is -3.61. The van der Waals surface area contributed by atoms with Crippen molar-refractivity contribution in [3.8, 4) is 16.9 Å². The van der Waals surface area contributed by atoms with Crippen LogP contribution in [0.1, 0.15) is 29.8 Å². The number of amides is 1. The molecule has 0 atom stereocenters. The predicted molar refractivity (Wildman–Crippen MR) is 134 cm³/mol. The van der Waals surface area contributed by atoms with Gasteiger partial charge in [-0.3, -0.25) is 4.79 Å². The monoisotopic (exact) mass is 474 g/mol. The fraction of sp³-hybridized carbons (Fsp3) is 0.154. The molecule has 0 aliphatic heterocycles. The summed E-state index contributed by atoms with van der Waals surface area (Å²) in [5.74, 6) is -0.337. The molecule has 3 aromatic carbocycles. The number of para-hydroxylation sites is 1. The maximum Gasteiger partial charge on any atom is 0.259 e. The van der Waals surface area contributed by atoms with Crippen LogP contribution in [0, 0.1) is 6.92 Å². The summed E-state index contributed by atoms with van der Waals surface area (Å²) >= 11 is 0. The number of nitrogens with one attached hydrogen (secondary N) is 2. The Kier molecular flexibility index (Phi) is 6.63. The quantitative estimate of drug-likeness (QED) is 0.403. The lowest BCUT2D eigenvalue weighted by Crippen LogP contribution is -2.30. The van der Waals surface area contributed by atoms with E-state index in [0.717, 1.165) is 16.8 Å². The first-order valence-electron chi connectivity index (χ1n) is 10.9. The largest absolute Gasteiger partial charge is 0.322 e. The predicted octanol–water partition coefficient (Wildman–Crippen LogP) is 4.79. The van der Waals surface area contributed by atoms with Gasteiger partial charge in [-0.25, -0.2) is 17.8 Å². The van der Waals surface area contributed by atoms with Gasteiger partial charge in [-0.2, -0.15) is 5.10 Å². The van der Waals surface area contributed by atoms with Crippen LogP contribution in [0.4, 0.5) is 5.69 Å². The molecule has 34 heavy (non-hydrogen) atoms. The second-order valence-corrected chi connectivity index (χ2v) is 9.95. The Bertz CT molecular complexity index is 1410. The highest BCUT2D eigenvalue weighted by Crippen LogP contribution is 2.27. The van der Waals surface area contributed by atoms with Crippen molar-refractivity contribution in [2.75, 3.05) is 5.32 Å². The average molecular weight is 475 g/mol. The summed E-state index contributed by atoms with van der Waals surface area (Å²) in [6, 6.07) is 23.2. The van der Waals surface area contributed by atoms with Crippen molar-refractivity contribution in [1.82, 2.24) is 14.5 Å². The molecule has 1 aromatic heterocycles. The van der Waals surface area contributed by atoms with E-state index in [0.29, 0.717) is 16.9 Å². The third-order valence-electron chi connectivity index (χ3n) is 5.19. The zero-order chi connectivity index (χ0) is 24.3. The summed E-state index contributed by atoms with van der Waals surface area (Å²) in [5, 5.41) is 7.58. The van der Waals surface area contributed by atoms with E-state index in [1.165, 1.54) is 12.1 Å². The molecule has 0 aliphatic rings. The van der Waals surface area contributed by atoms with Gasteiger partial charge >= 0.3 is 0 Å². The Morgan fingerprint density at radius 1 is 0.912 bits per heavy atom. The van der Waals surface area contributed by atoms with Crippen LogP contribution in [0.15, 0.2) is 90.0 Å². The van der Waals surface area contributed by atoms with Crippen LogP contribution >= 0.6 is 0 Å². The Hall–Kier alpha value is -3.75. The van der Waals surface area contributed by atoms with Crippen LogP contribution in [0.5, 0.6) is 0 Å². The number of nitrogens with zero attached hydrogens (tertiary/aromatic N) is 2. The third-order valence-corrected chi connectivity index (χ3v) is 6.87. The first-order valence-corrected chi connectivity index (χ1v) is 12.4. The summed E-state index contributed by atoms with van der Waals surface area (Å²) in [7, 11) is -3.61. The highest BCUT2D eigenvalue weighted by Gasteiger charge is 2.21. The van der Waals surface area contributed by atoms with Crippen LogP contribution in [-0.4, -0.2) is 30.1 Å². The molecule has 4 aromatic rings. The molecule has 0 saturated carbocycles. The van der Waals surface area contributed by atoms with Gasteiger partial charge in [0.2, 0.25) is 10.0 Å². The van der Waals surface area contributed by atoms with E-state index in [-0.39, 0.29) is 16.8 Å². The molecular weight excluding hydrogens is 448 g/mol. The summed E-state index contributed by atoms with van der Waals surface area (Å²) < 4.78 is 28.9. The van der Waals surface area contributed by atoms with Crippen molar-refractivity contribution in [3.63, 3.8) is 0 Å². The second kappa shape index (κ2) is 9.62. The van der Waals surface area contributed by atoms with E-state index in [2.05, 4.69) is 10.0 Å². The summed E-state index contributed by atoms with van der Waals surface area (Å²) in [6.45, 7) is 5.49. The second-order valence-electron chi connectivity index (χ2n) is 8.24. The zero-order valence-corrected chi connectivity index (χ0v) is 20.0. The van der Waals surface area contributed by atoms with Gasteiger partial charge in [0, 0.05) is 23.5 Å². The molecule has 174 valence electrons. The van der Waals surface area contributed by atoms with Gasteiger partial charge in [0.05, 0.1) is 16.1 Å². The SMILES string of the molecule is Cc1ccccc1-c1nn(-c2ccccc2)cc1C(=O)Nc1ccc(S(=O)(=O)NC(C)C)cc1. The molecule has 1 heterocycles. The highest BCUT2D eigenvalue weighted by atomic mass is 32.2. The minimum absolute atomic E-state index is 0.136. The number of aromatic nitrogens is 2. The fourth-order valence-electron chi connectivity index (χ4n) is 3.58. The lowest BCUT2D eigenvalue weighted by Gasteiger charge is -2.11. The first-order chi connectivity index (χ1) is 16.2. The van der Waals surface area contributed by atoms with Gasteiger partial charge < -0.3 is 5.32 Å². The maximum absolute atomic E-state index is 13.3. The van der Waals surface area contributed by atoms with E-state index in [1.807, 2.05) is 61.5 Å². The summed E-state index contributed by atoms with van der Waals surface area (Å²) in [5.41, 5.74) is 4.17. The molecule has 0 saturated heterocycles. The molecule has 0 spiro atoms. The molecule has 0 radical (unpaired) electrons. The minimum Gasteiger partial charge on any atom is -0.322 e. The molecule has 4 rings (SSSR count). The number of sulfonamides is 1. The fourth-order valence-corrected chi connectivity index (χ4v) is 4.84. The number of benzene rings is 3. The van der Waals surface area contributed by atoms with Crippen molar-refractivity contribution in [1.29, 1.82) is 0 Å². The molecule has 0 unspecified atom stereocenters. The molecule has 0 bridgehead atoms. The molecular formula is C26H26N4O3S. The molecule has 8 heteroatoms. The highest BCUT2D eigenvalue weighted by molar-refractivity contribution is 7.89. The van der Waals surface area contributed by atoms with Crippen molar-refractivity contribution >= 4 is 21.6 Å². The van der Waals surface area contributed by atoms with Crippen LogP contribution in [-0.2, 0) is 10.0 Å². The van der Waals surface area contributed by atoms with E-state index in [1.54, 1.807) is 36.9 Å². The van der Waals surface area contributed by atoms with Gasteiger partial charge in [0.1, 0.15) is 5.69 Å². The summed E-state index contributed by atoms with van der Waals surface area (Å²) in [4.78, 5) is 13.4. The molecule has 2 N–H and O–H groups in total. The van der Waals surface area contributed by atoms with E-state index >= 15 is 0 Å². The normalized spacial score (nSPS) is 11.5. The molecule has 0 fully saturated rings. The van der Waals surface area contributed by atoms with E-state index in [9.17, 15) is 13.2 Å². The standard InChI is InChI=1S/C26H26N4O3S/c1-18(2)29-34(32,33)22-15-13-20(14-16-22)27-26(31)24-17-30(21-10-5-4-6-11-21)28-25(24)23-12-8-7-9-19(23)3/h4-18,29H,1-3H3,(H,27,31). The number of rotatable bonds is 7. The number of carbonyl (C=O) groups is 1. The number of anilines is 1. The molecule has 0 aliphatic carbocycles. The van der Waals surface area contributed by atoms with Gasteiger partial charge in [-0.1, -0.05) is 42.5 Å². The van der Waals surface area contributed by atoms with Crippen molar-refractivity contribution < 1.29 is 13.2 Å². The van der Waals surface area contributed by atoms with Crippen LogP contribution in [0.25, 0.3) is 16.9 Å². The smallest absolute Gasteiger partial charge is 0.259 e. The van der Waals surface area contributed by atoms with Crippen LogP contribution in [0.2, 0.25) is 0 Å². The third kappa shape index (κ3) is 5.08. The topological polar surface area (TPSA) is 93.1 Å². The van der Waals surface area contributed by atoms with Crippen LogP contribution in [0.3, 0.4) is 0 Å². The van der Waals surface area contributed by atoms with Gasteiger partial charge in [-0.15, -0.1) is 0 Å². The first kappa shape index (κ1) is 23.4. The Balaban J connectivity index is 1.66. The number of hydrogen-bond donors (Lipinski definition) is 2.